The van der Waals surface area contributed by atoms with E-state index in [1.807, 2.05) is 26.0 Å². The number of amides is 4. The van der Waals surface area contributed by atoms with Crippen molar-refractivity contribution in [1.82, 2.24) is 25.8 Å². The topological polar surface area (TPSA) is 129 Å². The largest absolute Gasteiger partial charge is 0.491 e. The number of carbonyl (C=O) groups is 4. The van der Waals surface area contributed by atoms with E-state index in [0.717, 1.165) is 44.0 Å². The molecule has 2 aliphatic rings. The van der Waals surface area contributed by atoms with Crippen molar-refractivity contribution in [3.05, 3.63) is 65.2 Å². The Morgan fingerprint density at radius 3 is 2.49 bits per heavy atom. The molecule has 0 unspecified atom stereocenters. The number of nitrogens with zero attached hydrogens (tertiary/aromatic N) is 2. The van der Waals surface area contributed by atoms with Gasteiger partial charge in [0.25, 0.3) is 5.91 Å². The number of morpholine rings is 1. The van der Waals surface area contributed by atoms with Gasteiger partial charge < -0.3 is 30.3 Å². The summed E-state index contributed by atoms with van der Waals surface area (Å²) in [7, 11) is 1.66. The summed E-state index contributed by atoms with van der Waals surface area (Å²) < 4.78 is 11.3. The Hall–Kier alpha value is -3.96. The number of fused-ring (bicyclic) bond motifs is 1. The third kappa shape index (κ3) is 9.26. The van der Waals surface area contributed by atoms with Crippen LogP contribution in [-0.2, 0) is 32.2 Å². The summed E-state index contributed by atoms with van der Waals surface area (Å²) >= 11 is 0. The lowest BCUT2D eigenvalue weighted by atomic mass is 10.0. The van der Waals surface area contributed by atoms with Crippen LogP contribution in [0.2, 0.25) is 0 Å². The van der Waals surface area contributed by atoms with E-state index in [9.17, 15) is 19.2 Å². The molecule has 11 nitrogen and oxygen atoms in total. The van der Waals surface area contributed by atoms with Crippen LogP contribution in [0.25, 0.3) is 0 Å². The molecule has 0 aromatic heterocycles. The first-order valence-corrected chi connectivity index (χ1v) is 14.9. The van der Waals surface area contributed by atoms with Crippen molar-refractivity contribution in [1.29, 1.82) is 0 Å². The first-order chi connectivity index (χ1) is 20.7. The fourth-order valence-corrected chi connectivity index (χ4v) is 5.13. The molecule has 0 radical (unpaired) electrons. The van der Waals surface area contributed by atoms with Crippen LogP contribution in [0.4, 0.5) is 0 Å². The smallest absolute Gasteiger partial charge is 0.255 e. The Kier molecular flexibility index (Phi) is 11.5. The molecule has 1 fully saturated rings. The summed E-state index contributed by atoms with van der Waals surface area (Å²) in [5, 5.41) is 8.57. The van der Waals surface area contributed by atoms with Crippen LogP contribution in [0.1, 0.15) is 48.2 Å². The second-order valence-corrected chi connectivity index (χ2v) is 11.4. The molecule has 43 heavy (non-hydrogen) atoms. The molecule has 3 N–H and O–H groups in total. The molecule has 0 saturated carbocycles. The molecule has 1 saturated heterocycles. The van der Waals surface area contributed by atoms with Gasteiger partial charge in [0.2, 0.25) is 17.7 Å². The van der Waals surface area contributed by atoms with Crippen LogP contribution in [0, 0.1) is 5.92 Å². The second kappa shape index (κ2) is 15.5. The molecule has 2 aromatic carbocycles. The Morgan fingerprint density at radius 1 is 0.977 bits per heavy atom. The Bertz CT molecular complexity index is 1280. The monoisotopic (exact) mass is 593 g/mol. The summed E-state index contributed by atoms with van der Waals surface area (Å²) in [5.74, 6) is -1.28. The van der Waals surface area contributed by atoms with E-state index in [0.29, 0.717) is 5.75 Å². The van der Waals surface area contributed by atoms with Gasteiger partial charge in [-0.2, -0.15) is 0 Å². The molecule has 0 aliphatic carbocycles. The molecule has 0 spiro atoms. The number of likely N-dealkylation sites (N-methyl/N-ethyl adjacent to an activating group) is 1. The number of hydrogen-bond acceptors (Lipinski definition) is 7. The number of benzene rings is 2. The minimum atomic E-state index is -0.983. The zero-order valence-corrected chi connectivity index (χ0v) is 25.3. The highest BCUT2D eigenvalue weighted by atomic mass is 16.5. The van der Waals surface area contributed by atoms with Gasteiger partial charge in [0.05, 0.1) is 25.3 Å². The highest BCUT2D eigenvalue weighted by molar-refractivity contribution is 5.99. The summed E-state index contributed by atoms with van der Waals surface area (Å²) in [6, 6.07) is 13.1. The van der Waals surface area contributed by atoms with Crippen molar-refractivity contribution in [3.8, 4) is 5.75 Å². The van der Waals surface area contributed by atoms with Crippen molar-refractivity contribution in [2.75, 3.05) is 46.5 Å². The van der Waals surface area contributed by atoms with E-state index in [-0.39, 0.29) is 55.8 Å². The SMILES string of the molecule is CC(C)[C@@H]1NC(=O)CC[C@@H](C(=O)NCc2cccc(CN3CCOCC3)c2)NC(=O)c2ccccc2OCCN(C)C1=O. The minimum absolute atomic E-state index is 0.0498. The predicted octanol–water partition coefficient (Wildman–Crippen LogP) is 1.71. The lowest BCUT2D eigenvalue weighted by Crippen LogP contribution is -2.51. The normalized spacial score (nSPS) is 21.1. The highest BCUT2D eigenvalue weighted by Crippen LogP contribution is 2.19. The Balaban J connectivity index is 1.48. The second-order valence-electron chi connectivity index (χ2n) is 11.4. The molecule has 2 atom stereocenters. The number of para-hydroxylation sites is 1. The first-order valence-electron chi connectivity index (χ1n) is 14.9. The molecular formula is C32H43N5O6. The maximum atomic E-state index is 13.4. The summed E-state index contributed by atoms with van der Waals surface area (Å²) in [4.78, 5) is 56.7. The summed E-state index contributed by atoms with van der Waals surface area (Å²) in [6.45, 7) is 8.44. The molecule has 0 bridgehead atoms. The predicted molar refractivity (Wildman–Crippen MR) is 161 cm³/mol. The lowest BCUT2D eigenvalue weighted by molar-refractivity contribution is -0.137. The van der Waals surface area contributed by atoms with Gasteiger partial charge in [-0.1, -0.05) is 50.2 Å². The van der Waals surface area contributed by atoms with Crippen LogP contribution < -0.4 is 20.7 Å². The number of nitrogens with one attached hydrogen (secondary N) is 3. The first kappa shape index (κ1) is 32.0. The maximum absolute atomic E-state index is 13.4. The van der Waals surface area contributed by atoms with Gasteiger partial charge in [-0.3, -0.25) is 24.1 Å². The van der Waals surface area contributed by atoms with Crippen LogP contribution in [-0.4, -0.2) is 92.0 Å². The van der Waals surface area contributed by atoms with E-state index < -0.39 is 23.9 Å². The number of rotatable bonds is 6. The van der Waals surface area contributed by atoms with Crippen molar-refractivity contribution < 1.29 is 28.7 Å². The molecule has 232 valence electrons. The van der Waals surface area contributed by atoms with Crippen LogP contribution in [0.15, 0.2) is 48.5 Å². The number of carbonyl (C=O) groups excluding carboxylic acids is 4. The molecular weight excluding hydrogens is 550 g/mol. The average molecular weight is 594 g/mol. The summed E-state index contributed by atoms with van der Waals surface area (Å²) in [6.07, 6.45) is 0.00408. The zero-order valence-electron chi connectivity index (χ0n) is 25.3. The van der Waals surface area contributed by atoms with Gasteiger partial charge in [-0.05, 0) is 35.6 Å². The van der Waals surface area contributed by atoms with Crippen molar-refractivity contribution in [2.24, 2.45) is 5.92 Å². The quantitative estimate of drug-likeness (QED) is 0.465. The molecule has 2 heterocycles. The lowest BCUT2D eigenvalue weighted by Gasteiger charge is -2.27. The zero-order chi connectivity index (χ0) is 30.8. The molecule has 4 rings (SSSR count). The van der Waals surface area contributed by atoms with Crippen LogP contribution in [0.3, 0.4) is 0 Å². The minimum Gasteiger partial charge on any atom is -0.491 e. The Labute approximate surface area is 253 Å². The van der Waals surface area contributed by atoms with Crippen molar-refractivity contribution in [2.45, 2.75) is 51.9 Å². The Morgan fingerprint density at radius 2 is 1.72 bits per heavy atom. The van der Waals surface area contributed by atoms with Gasteiger partial charge in [0.1, 0.15) is 24.4 Å². The van der Waals surface area contributed by atoms with E-state index in [4.69, 9.17) is 9.47 Å². The molecule has 2 aromatic rings. The third-order valence-electron chi connectivity index (χ3n) is 7.69. The number of ether oxygens (including phenoxy) is 2. The molecule has 11 heteroatoms. The van der Waals surface area contributed by atoms with Crippen molar-refractivity contribution >= 4 is 23.6 Å². The van der Waals surface area contributed by atoms with Crippen LogP contribution >= 0.6 is 0 Å². The molecule has 2 aliphatic heterocycles. The third-order valence-corrected chi connectivity index (χ3v) is 7.69. The van der Waals surface area contributed by atoms with Gasteiger partial charge in [-0.25, -0.2) is 0 Å². The van der Waals surface area contributed by atoms with E-state index >= 15 is 0 Å². The van der Waals surface area contributed by atoms with Crippen LogP contribution in [0.5, 0.6) is 5.75 Å². The fraction of sp³-hybridized carbons (Fsp3) is 0.500. The standard InChI is InChI=1S/C32H43N5O6/c1-22(2)29-32(41)36(3)13-18-43-27-10-5-4-9-25(27)30(39)34-26(11-12-28(38)35-29)31(40)33-20-23-7-6-8-24(19-23)21-37-14-16-42-17-15-37/h4-10,19,22,26,29H,11-18,20-21H2,1-3H3,(H,33,40)(H,34,39)(H,35,38)/t26-,29-/m0/s1. The average Bonchev–Trinajstić information content (AvgIpc) is 3.00. The van der Waals surface area contributed by atoms with E-state index in [1.165, 1.54) is 4.90 Å². The fourth-order valence-electron chi connectivity index (χ4n) is 5.13. The van der Waals surface area contributed by atoms with Gasteiger partial charge in [0, 0.05) is 39.6 Å². The number of hydrogen-bond donors (Lipinski definition) is 3. The van der Waals surface area contributed by atoms with E-state index in [2.05, 4.69) is 33.0 Å². The van der Waals surface area contributed by atoms with Crippen molar-refractivity contribution in [3.63, 3.8) is 0 Å². The summed E-state index contributed by atoms with van der Waals surface area (Å²) in [5.41, 5.74) is 2.34. The van der Waals surface area contributed by atoms with E-state index in [1.54, 1.807) is 31.3 Å². The maximum Gasteiger partial charge on any atom is 0.255 e. The molecule has 4 amide bonds. The van der Waals surface area contributed by atoms with Gasteiger partial charge in [0.15, 0.2) is 0 Å². The van der Waals surface area contributed by atoms with Gasteiger partial charge in [-0.15, -0.1) is 0 Å². The van der Waals surface area contributed by atoms with Gasteiger partial charge >= 0.3 is 0 Å². The highest BCUT2D eigenvalue weighted by Gasteiger charge is 2.29.